The molecule has 1 aliphatic heterocycles. The molecule has 5 rings (SSSR count). The summed E-state index contributed by atoms with van der Waals surface area (Å²) in [5.41, 5.74) is -5.10. The molecule has 2 N–H and O–H groups in total. The third kappa shape index (κ3) is 2.25. The number of Topliss-reactive ketones (excluding diaryl/α,β-unsaturated/α-hetero) is 1. The summed E-state index contributed by atoms with van der Waals surface area (Å²) >= 11 is 0. The number of alkyl halides is 1. The normalized spacial score (nSPS) is 51.6. The summed E-state index contributed by atoms with van der Waals surface area (Å²) in [5.74, 6) is -2.82. The highest BCUT2D eigenvalue weighted by Gasteiger charge is 2.79. The van der Waals surface area contributed by atoms with Crippen LogP contribution in [0.25, 0.3) is 0 Å². The van der Waals surface area contributed by atoms with Gasteiger partial charge in [0.1, 0.15) is 6.61 Å². The first kappa shape index (κ1) is 21.2. The second kappa shape index (κ2) is 6.01. The second-order valence-electron chi connectivity index (χ2n) is 10.6. The first-order valence-electron chi connectivity index (χ1n) is 10.9. The van der Waals surface area contributed by atoms with Crippen LogP contribution in [0.1, 0.15) is 40.5 Å². The molecule has 0 amide bonds. The van der Waals surface area contributed by atoms with Crippen LogP contribution in [0.2, 0.25) is 0 Å². The number of ether oxygens (including phenoxy) is 2. The zero-order valence-corrected chi connectivity index (χ0v) is 18.2. The van der Waals surface area contributed by atoms with Crippen molar-refractivity contribution in [3.05, 3.63) is 36.0 Å². The first-order valence-corrected chi connectivity index (χ1v) is 10.9. The molecule has 5 aliphatic rings. The van der Waals surface area contributed by atoms with Gasteiger partial charge in [0.15, 0.2) is 28.6 Å². The van der Waals surface area contributed by atoms with Crippen molar-refractivity contribution in [2.24, 2.45) is 22.7 Å². The molecule has 3 fully saturated rings. The summed E-state index contributed by atoms with van der Waals surface area (Å²) in [6.07, 6.45) is 6.13. The first-order chi connectivity index (χ1) is 14.4. The smallest absolute Gasteiger partial charge is 0.193 e. The number of allylic oxidation sites excluding steroid dienone is 6. The number of ketones is 2. The molecule has 1 heterocycles. The Morgan fingerprint density at radius 3 is 2.65 bits per heavy atom. The molecule has 0 unspecified atom stereocenters. The Morgan fingerprint density at radius 1 is 1.26 bits per heavy atom. The second-order valence-corrected chi connectivity index (χ2v) is 10.6. The van der Waals surface area contributed by atoms with Crippen LogP contribution >= 0.6 is 0 Å². The lowest BCUT2D eigenvalue weighted by molar-refractivity contribution is -0.236. The number of hydrogen-bond acceptors (Lipinski definition) is 6. The highest BCUT2D eigenvalue weighted by Crippen LogP contribution is 2.71. The molecule has 6 nitrogen and oxygen atoms in total. The Morgan fingerprint density at radius 2 is 1.97 bits per heavy atom. The van der Waals surface area contributed by atoms with Crippen molar-refractivity contribution in [1.29, 1.82) is 0 Å². The van der Waals surface area contributed by atoms with Crippen LogP contribution in [0.15, 0.2) is 36.0 Å². The van der Waals surface area contributed by atoms with Gasteiger partial charge in [0, 0.05) is 16.7 Å². The van der Waals surface area contributed by atoms with Gasteiger partial charge in [-0.2, -0.15) is 0 Å². The maximum atomic E-state index is 17.1. The minimum Gasteiger partial charge on any atom is -0.390 e. The van der Waals surface area contributed by atoms with Gasteiger partial charge in [-0.05, 0) is 57.3 Å². The van der Waals surface area contributed by atoms with Crippen LogP contribution in [0.4, 0.5) is 4.39 Å². The van der Waals surface area contributed by atoms with Gasteiger partial charge in [0.05, 0.1) is 12.2 Å². The van der Waals surface area contributed by atoms with E-state index in [-0.39, 0.29) is 18.1 Å². The van der Waals surface area contributed by atoms with Crippen LogP contribution in [-0.4, -0.2) is 57.7 Å². The highest BCUT2D eigenvalue weighted by atomic mass is 19.1. The van der Waals surface area contributed by atoms with Crippen molar-refractivity contribution >= 4 is 11.6 Å². The number of aliphatic hydroxyl groups is 2. The minimum atomic E-state index is -2.06. The Hall–Kier alpha value is -1.67. The molecular formula is C24H29FO6. The van der Waals surface area contributed by atoms with E-state index in [0.717, 1.165) is 0 Å². The van der Waals surface area contributed by atoms with Crippen molar-refractivity contribution in [2.75, 3.05) is 6.61 Å². The molecule has 0 radical (unpaired) electrons. The summed E-state index contributed by atoms with van der Waals surface area (Å²) in [5, 5.41) is 21.1. The van der Waals surface area contributed by atoms with Crippen molar-refractivity contribution in [2.45, 2.75) is 69.8 Å². The van der Waals surface area contributed by atoms with Crippen molar-refractivity contribution in [3.8, 4) is 0 Å². The minimum absolute atomic E-state index is 0.0230. The number of halogens is 1. The number of aliphatic hydroxyl groups excluding tert-OH is 2. The standard InChI is InChI=1S/C24H29FO6/c1-20(2)30-19-10-16-15-6-5-13-9-14(27)7-8-21(13,3)23(15,25)17(28)11-22(16,4)24(19,31-20)18(29)12-26/h5-9,15-17,19,26,28H,10-12H2,1-4H3/t15-,16+,17-,19-,21-,22-,23+,24+/m0/s1. The van der Waals surface area contributed by atoms with Crippen LogP contribution in [0, 0.1) is 22.7 Å². The van der Waals surface area contributed by atoms with E-state index in [0.29, 0.717) is 12.0 Å². The number of fused-ring (bicyclic) bond motifs is 7. The van der Waals surface area contributed by atoms with Crippen LogP contribution in [0.5, 0.6) is 0 Å². The Bertz CT molecular complexity index is 967. The quantitative estimate of drug-likeness (QED) is 0.695. The van der Waals surface area contributed by atoms with Gasteiger partial charge in [0.25, 0.3) is 0 Å². The number of rotatable bonds is 2. The van der Waals surface area contributed by atoms with E-state index in [4.69, 9.17) is 9.47 Å². The van der Waals surface area contributed by atoms with Crippen LogP contribution in [-0.2, 0) is 19.1 Å². The molecule has 0 aromatic rings. The van der Waals surface area contributed by atoms with Gasteiger partial charge < -0.3 is 19.7 Å². The molecule has 7 heteroatoms. The Kier molecular flexibility index (Phi) is 4.11. The van der Waals surface area contributed by atoms with E-state index in [1.807, 2.05) is 6.92 Å². The van der Waals surface area contributed by atoms with E-state index in [9.17, 15) is 19.8 Å². The van der Waals surface area contributed by atoms with E-state index >= 15 is 4.39 Å². The fraction of sp³-hybridized carbons (Fsp3) is 0.667. The van der Waals surface area contributed by atoms with Crippen molar-refractivity contribution in [1.82, 2.24) is 0 Å². The van der Waals surface area contributed by atoms with E-state index in [1.54, 1.807) is 39.0 Å². The third-order valence-corrected chi connectivity index (χ3v) is 8.76. The molecule has 31 heavy (non-hydrogen) atoms. The molecule has 0 aromatic carbocycles. The average Bonchev–Trinajstić information content (AvgIpc) is 3.09. The molecule has 8 atom stereocenters. The summed E-state index contributed by atoms with van der Waals surface area (Å²) in [6.45, 7) is 6.28. The lowest BCUT2D eigenvalue weighted by Gasteiger charge is -2.61. The van der Waals surface area contributed by atoms with Gasteiger partial charge in [-0.25, -0.2) is 4.39 Å². The Labute approximate surface area is 180 Å². The van der Waals surface area contributed by atoms with Gasteiger partial charge in [0.2, 0.25) is 0 Å². The lowest BCUT2D eigenvalue weighted by Crippen LogP contribution is -2.69. The largest absolute Gasteiger partial charge is 0.390 e. The Balaban J connectivity index is 1.67. The molecule has 1 saturated heterocycles. The third-order valence-electron chi connectivity index (χ3n) is 8.76. The summed E-state index contributed by atoms with van der Waals surface area (Å²) in [6, 6.07) is 0. The molecular weight excluding hydrogens is 403 g/mol. The average molecular weight is 432 g/mol. The molecule has 0 aromatic heterocycles. The summed E-state index contributed by atoms with van der Waals surface area (Å²) < 4.78 is 29.4. The van der Waals surface area contributed by atoms with Gasteiger partial charge in [-0.3, -0.25) is 9.59 Å². The van der Waals surface area contributed by atoms with Crippen molar-refractivity contribution < 1.29 is 33.7 Å². The molecule has 0 spiro atoms. The predicted molar refractivity (Wildman–Crippen MR) is 109 cm³/mol. The van der Waals surface area contributed by atoms with Gasteiger partial charge >= 0.3 is 0 Å². The van der Waals surface area contributed by atoms with E-state index < -0.39 is 58.4 Å². The number of hydrogen-bond donors (Lipinski definition) is 2. The zero-order chi connectivity index (χ0) is 22.6. The van der Waals surface area contributed by atoms with E-state index in [1.165, 1.54) is 12.2 Å². The van der Waals surface area contributed by atoms with Crippen molar-refractivity contribution in [3.63, 3.8) is 0 Å². The molecule has 168 valence electrons. The number of carbonyl (C=O) groups excluding carboxylic acids is 2. The number of carbonyl (C=O) groups is 2. The van der Waals surface area contributed by atoms with Crippen LogP contribution in [0.3, 0.4) is 0 Å². The van der Waals surface area contributed by atoms with E-state index in [2.05, 4.69) is 0 Å². The monoisotopic (exact) mass is 432 g/mol. The molecule has 0 bridgehead atoms. The topological polar surface area (TPSA) is 93.1 Å². The zero-order valence-electron chi connectivity index (χ0n) is 18.2. The van der Waals surface area contributed by atoms with Gasteiger partial charge in [-0.1, -0.05) is 25.2 Å². The fourth-order valence-corrected chi connectivity index (χ4v) is 7.39. The van der Waals surface area contributed by atoms with Gasteiger partial charge in [-0.15, -0.1) is 0 Å². The summed E-state index contributed by atoms with van der Waals surface area (Å²) in [4.78, 5) is 25.0. The van der Waals surface area contributed by atoms with Crippen LogP contribution < -0.4 is 0 Å². The maximum Gasteiger partial charge on any atom is 0.193 e. The molecule has 4 aliphatic carbocycles. The summed E-state index contributed by atoms with van der Waals surface area (Å²) in [7, 11) is 0. The fourth-order valence-electron chi connectivity index (χ4n) is 7.39. The predicted octanol–water partition coefficient (Wildman–Crippen LogP) is 2.19. The lowest BCUT2D eigenvalue weighted by atomic mass is 9.46. The highest BCUT2D eigenvalue weighted by molar-refractivity contribution is 6.01. The molecule has 2 saturated carbocycles. The SMILES string of the molecule is CC1(C)O[C@H]2C[C@@H]3[C@@H]4C=CC5=CC(=O)C=C[C@]5(C)[C@]4(F)[C@@H](O)C[C@]3(C)[C@]2(C(=O)CO)O1. The maximum absolute atomic E-state index is 17.1.